The molecule has 1 N–H and O–H groups in total. The molecule has 0 aliphatic heterocycles. The van der Waals surface area contributed by atoms with Crippen LogP contribution in [-0.2, 0) is 21.4 Å². The van der Waals surface area contributed by atoms with Gasteiger partial charge < -0.3 is 9.84 Å². The molecule has 0 saturated heterocycles. The van der Waals surface area contributed by atoms with E-state index in [9.17, 15) is 9.59 Å². The molecule has 1 aromatic rings. The highest BCUT2D eigenvalue weighted by atomic mass is 16.5. The molecule has 0 fully saturated rings. The number of esters is 1. The number of carboxylic acid groups (broad SMARTS) is 1. The van der Waals surface area contributed by atoms with Gasteiger partial charge in [-0.2, -0.15) is 5.10 Å². The zero-order valence-electron chi connectivity index (χ0n) is 10.1. The molecule has 94 valence electrons. The van der Waals surface area contributed by atoms with Crippen LogP contribution in [0.15, 0.2) is 6.07 Å². The number of ether oxygens (including phenoxy) is 1. The fourth-order valence-electron chi connectivity index (χ4n) is 1.79. The van der Waals surface area contributed by atoms with Gasteiger partial charge in [-0.3, -0.25) is 14.3 Å². The summed E-state index contributed by atoms with van der Waals surface area (Å²) < 4.78 is 6.17. The predicted octanol–water partition coefficient (Wildman–Crippen LogP) is 0.850. The molecular weight excluding hydrogens is 224 g/mol. The molecule has 1 rings (SSSR count). The van der Waals surface area contributed by atoms with Crippen molar-refractivity contribution in [3.8, 4) is 0 Å². The number of aromatic nitrogens is 2. The quantitative estimate of drug-likeness (QED) is 0.771. The van der Waals surface area contributed by atoms with Crippen LogP contribution in [0.5, 0.6) is 0 Å². The molecule has 0 aliphatic carbocycles. The van der Waals surface area contributed by atoms with E-state index in [2.05, 4.69) is 9.84 Å². The molecule has 0 spiro atoms. The van der Waals surface area contributed by atoms with Crippen LogP contribution in [0.25, 0.3) is 0 Å². The summed E-state index contributed by atoms with van der Waals surface area (Å²) in [6.45, 7) is 1.82. The summed E-state index contributed by atoms with van der Waals surface area (Å²) in [5, 5.41) is 13.0. The van der Waals surface area contributed by atoms with Crippen molar-refractivity contribution in [3.63, 3.8) is 0 Å². The second-order valence-corrected chi connectivity index (χ2v) is 3.91. The Hall–Kier alpha value is -1.85. The number of carboxylic acids is 1. The molecule has 6 nitrogen and oxygen atoms in total. The van der Waals surface area contributed by atoms with Crippen molar-refractivity contribution in [2.24, 2.45) is 7.05 Å². The third-order valence-corrected chi connectivity index (χ3v) is 2.52. The highest BCUT2D eigenvalue weighted by Crippen LogP contribution is 2.24. The largest absolute Gasteiger partial charge is 0.481 e. The van der Waals surface area contributed by atoms with E-state index in [4.69, 9.17) is 5.11 Å². The molecule has 1 heterocycles. The number of hydrogen-bond donors (Lipinski definition) is 1. The Kier molecular flexibility index (Phi) is 4.25. The average molecular weight is 240 g/mol. The first-order valence-corrected chi connectivity index (χ1v) is 5.23. The molecule has 1 atom stereocenters. The summed E-state index contributed by atoms with van der Waals surface area (Å²) in [6.07, 6.45) is -0.0736. The first kappa shape index (κ1) is 13.2. The lowest BCUT2D eigenvalue weighted by Gasteiger charge is -2.13. The Bertz CT molecular complexity index is 425. The van der Waals surface area contributed by atoms with E-state index < -0.39 is 17.9 Å². The summed E-state index contributed by atoms with van der Waals surface area (Å²) in [5.74, 6) is -1.78. The predicted molar refractivity (Wildman–Crippen MR) is 59.6 cm³/mol. The molecule has 0 saturated carbocycles. The van der Waals surface area contributed by atoms with Gasteiger partial charge in [0.1, 0.15) is 0 Å². The maximum absolute atomic E-state index is 11.3. The topological polar surface area (TPSA) is 81.4 Å². The maximum Gasteiger partial charge on any atom is 0.306 e. The van der Waals surface area contributed by atoms with Gasteiger partial charge in [0.05, 0.1) is 25.6 Å². The van der Waals surface area contributed by atoms with Gasteiger partial charge in [-0.15, -0.1) is 0 Å². The molecule has 1 unspecified atom stereocenters. The van der Waals surface area contributed by atoms with Crippen molar-refractivity contribution in [1.82, 2.24) is 9.78 Å². The third-order valence-electron chi connectivity index (χ3n) is 2.52. The first-order valence-electron chi connectivity index (χ1n) is 5.23. The van der Waals surface area contributed by atoms with Crippen LogP contribution >= 0.6 is 0 Å². The number of carbonyl (C=O) groups excluding carboxylic acids is 1. The molecule has 6 heteroatoms. The Morgan fingerprint density at radius 3 is 2.59 bits per heavy atom. The normalized spacial score (nSPS) is 12.2. The lowest BCUT2D eigenvalue weighted by atomic mass is 9.97. The Balaban J connectivity index is 2.93. The maximum atomic E-state index is 11.3. The van der Waals surface area contributed by atoms with E-state index in [0.717, 1.165) is 11.4 Å². The first-order chi connectivity index (χ1) is 7.93. The van der Waals surface area contributed by atoms with E-state index in [0.29, 0.717) is 0 Å². The Labute approximate surface area is 99.2 Å². The fourth-order valence-corrected chi connectivity index (χ4v) is 1.79. The fraction of sp³-hybridized carbons (Fsp3) is 0.545. The summed E-state index contributed by atoms with van der Waals surface area (Å²) in [5.41, 5.74) is 1.53. The number of carbonyl (C=O) groups is 2. The summed E-state index contributed by atoms with van der Waals surface area (Å²) in [6, 6.07) is 1.79. The summed E-state index contributed by atoms with van der Waals surface area (Å²) in [7, 11) is 3.02. The molecule has 0 radical (unpaired) electrons. The lowest BCUT2D eigenvalue weighted by molar-refractivity contribution is -0.142. The molecule has 0 aromatic carbocycles. The van der Waals surface area contributed by atoms with Crippen molar-refractivity contribution >= 4 is 11.9 Å². The summed E-state index contributed by atoms with van der Waals surface area (Å²) >= 11 is 0. The van der Waals surface area contributed by atoms with E-state index >= 15 is 0 Å². The van der Waals surface area contributed by atoms with Crippen LogP contribution in [0.4, 0.5) is 0 Å². The zero-order valence-corrected chi connectivity index (χ0v) is 10.1. The monoisotopic (exact) mass is 240 g/mol. The molecule has 0 bridgehead atoms. The average Bonchev–Trinajstić information content (AvgIpc) is 2.56. The number of hydrogen-bond acceptors (Lipinski definition) is 4. The highest BCUT2D eigenvalue weighted by molar-refractivity contribution is 5.73. The van der Waals surface area contributed by atoms with Crippen molar-refractivity contribution in [1.29, 1.82) is 0 Å². The second kappa shape index (κ2) is 5.47. The number of methoxy groups -OCH3 is 1. The minimum absolute atomic E-state index is 0.0434. The molecular formula is C11H16N2O4. The van der Waals surface area contributed by atoms with E-state index in [-0.39, 0.29) is 12.8 Å². The van der Waals surface area contributed by atoms with Crippen LogP contribution in [0.1, 0.15) is 30.1 Å². The Morgan fingerprint density at radius 1 is 1.53 bits per heavy atom. The van der Waals surface area contributed by atoms with Crippen LogP contribution in [0, 0.1) is 6.92 Å². The zero-order chi connectivity index (χ0) is 13.0. The van der Waals surface area contributed by atoms with Crippen LogP contribution in [0.3, 0.4) is 0 Å². The van der Waals surface area contributed by atoms with Gasteiger partial charge in [-0.1, -0.05) is 0 Å². The smallest absolute Gasteiger partial charge is 0.306 e. The molecule has 0 amide bonds. The SMILES string of the molecule is COC(=O)CC(CC(=O)O)c1cc(C)nn1C. The number of nitrogens with zero attached hydrogens (tertiary/aromatic N) is 2. The number of rotatable bonds is 5. The van der Waals surface area contributed by atoms with Gasteiger partial charge in [0.15, 0.2) is 0 Å². The van der Waals surface area contributed by atoms with Crippen molar-refractivity contribution in [2.75, 3.05) is 7.11 Å². The number of aliphatic carboxylic acids is 1. The standard InChI is InChI=1S/C11H16N2O4/c1-7-4-9(13(2)12-7)8(5-10(14)15)6-11(16)17-3/h4,8H,5-6H2,1-3H3,(H,14,15). The van der Waals surface area contributed by atoms with Gasteiger partial charge in [0.25, 0.3) is 0 Å². The van der Waals surface area contributed by atoms with Crippen LogP contribution in [0.2, 0.25) is 0 Å². The lowest BCUT2D eigenvalue weighted by Crippen LogP contribution is -2.15. The minimum Gasteiger partial charge on any atom is -0.481 e. The van der Waals surface area contributed by atoms with Crippen LogP contribution < -0.4 is 0 Å². The van der Waals surface area contributed by atoms with Crippen molar-refractivity contribution < 1.29 is 19.4 Å². The Morgan fingerprint density at radius 2 is 2.18 bits per heavy atom. The van der Waals surface area contributed by atoms with Gasteiger partial charge in [0.2, 0.25) is 0 Å². The highest BCUT2D eigenvalue weighted by Gasteiger charge is 2.22. The molecule has 0 aliphatic rings. The van der Waals surface area contributed by atoms with Gasteiger partial charge >= 0.3 is 11.9 Å². The van der Waals surface area contributed by atoms with Crippen molar-refractivity contribution in [2.45, 2.75) is 25.7 Å². The van der Waals surface area contributed by atoms with Gasteiger partial charge in [0, 0.05) is 18.7 Å². The van der Waals surface area contributed by atoms with Crippen LogP contribution in [-0.4, -0.2) is 33.9 Å². The number of aryl methyl sites for hydroxylation is 2. The third kappa shape index (κ3) is 3.58. The van der Waals surface area contributed by atoms with E-state index in [1.165, 1.54) is 7.11 Å². The summed E-state index contributed by atoms with van der Waals surface area (Å²) in [4.78, 5) is 22.0. The molecule has 1 aromatic heterocycles. The van der Waals surface area contributed by atoms with E-state index in [1.54, 1.807) is 17.8 Å². The van der Waals surface area contributed by atoms with E-state index in [1.807, 2.05) is 6.92 Å². The second-order valence-electron chi connectivity index (χ2n) is 3.91. The van der Waals surface area contributed by atoms with Gasteiger partial charge in [-0.25, -0.2) is 0 Å². The van der Waals surface area contributed by atoms with Crippen molar-refractivity contribution in [3.05, 3.63) is 17.5 Å². The minimum atomic E-state index is -0.947. The van der Waals surface area contributed by atoms with Gasteiger partial charge in [-0.05, 0) is 13.0 Å². The molecule has 17 heavy (non-hydrogen) atoms.